The number of halogens is 5. The van der Waals surface area contributed by atoms with Crippen molar-refractivity contribution in [2.45, 2.75) is 12.8 Å². The second-order valence-electron chi connectivity index (χ2n) is 2.88. The highest BCUT2D eigenvalue weighted by atomic mass is 19.4. The fraction of sp³-hybridized carbons (Fsp3) is 0.286. The molecule has 1 rings (SSSR count). The smallest absolute Gasteiger partial charge is 0.401 e. The maximum atomic E-state index is 12.6. The van der Waals surface area contributed by atoms with Gasteiger partial charge < -0.3 is 10.5 Å². The molecule has 0 atom stereocenters. The van der Waals surface area contributed by atoms with Gasteiger partial charge in [0.15, 0.2) is 11.6 Å². The third-order valence-corrected chi connectivity index (χ3v) is 1.71. The first-order chi connectivity index (χ1) is 8.13. The Morgan fingerprint density at radius 1 is 1.44 bits per heavy atom. The Hall–Kier alpha value is -2.20. The summed E-state index contributed by atoms with van der Waals surface area (Å²) in [7, 11) is 0. The summed E-state index contributed by atoms with van der Waals surface area (Å²) in [5.41, 5.74) is 2.07. The largest absolute Gasteiger partial charge is 0.573 e. The Morgan fingerprint density at radius 2 is 2.00 bits per heavy atom. The van der Waals surface area contributed by atoms with Gasteiger partial charge in [0.1, 0.15) is 11.8 Å². The zero-order chi connectivity index (χ0) is 14.1. The van der Waals surface area contributed by atoms with Crippen LogP contribution in [0.4, 0.5) is 33.5 Å². The van der Waals surface area contributed by atoms with Crippen LogP contribution in [0.5, 0.6) is 5.75 Å². The van der Waals surface area contributed by atoms with Crippen LogP contribution in [0.3, 0.4) is 0 Å². The minimum Gasteiger partial charge on any atom is -0.401 e. The van der Waals surface area contributed by atoms with Crippen LogP contribution >= 0.6 is 0 Å². The van der Waals surface area contributed by atoms with E-state index in [4.69, 9.17) is 5.73 Å². The molecule has 0 aliphatic carbocycles. The average Bonchev–Trinajstić information content (AvgIpc) is 2.17. The van der Waals surface area contributed by atoms with E-state index in [1.165, 1.54) is 0 Å². The van der Waals surface area contributed by atoms with E-state index >= 15 is 0 Å². The van der Waals surface area contributed by atoms with Crippen LogP contribution < -0.4 is 10.5 Å². The third-order valence-electron chi connectivity index (χ3n) is 1.71. The van der Waals surface area contributed by atoms with Crippen LogP contribution in [-0.4, -0.2) is 16.3 Å². The number of anilines is 1. The van der Waals surface area contributed by atoms with Crippen LogP contribution in [-0.2, 0) is 0 Å². The summed E-state index contributed by atoms with van der Waals surface area (Å²) in [6.07, 6.45) is -8.57. The van der Waals surface area contributed by atoms with Crippen molar-refractivity contribution in [3.05, 3.63) is 21.9 Å². The van der Waals surface area contributed by atoms with Gasteiger partial charge in [0, 0.05) is 0 Å². The second kappa shape index (κ2) is 4.58. The molecule has 0 aliphatic rings. The lowest BCUT2D eigenvalue weighted by atomic mass is 10.2. The normalized spacial score (nSPS) is 11.7. The van der Waals surface area contributed by atoms with Crippen LogP contribution in [0.1, 0.15) is 12.0 Å². The number of nitrogen functional groups attached to an aromatic ring is 1. The number of hydrogen-bond donors (Lipinski definition) is 1. The Morgan fingerprint density at radius 3 is 2.39 bits per heavy atom. The van der Waals surface area contributed by atoms with Crippen molar-refractivity contribution >= 4 is 11.5 Å². The predicted octanol–water partition coefficient (Wildman–Crippen LogP) is 2.41. The standard InChI is InChI=1S/C7H4F5N3O3/c8-5(9)3-2(15(16)17)1-14-6(13)4(3)18-7(10,11)12/h1,5H,(H2,13,14). The molecule has 2 N–H and O–H groups in total. The van der Waals surface area contributed by atoms with Gasteiger partial charge in [-0.15, -0.1) is 13.2 Å². The third kappa shape index (κ3) is 2.93. The number of aromatic nitrogens is 1. The molecular weight excluding hydrogens is 269 g/mol. The monoisotopic (exact) mass is 273 g/mol. The minimum atomic E-state index is -5.32. The predicted molar refractivity (Wildman–Crippen MR) is 46.9 cm³/mol. The molecule has 0 bridgehead atoms. The van der Waals surface area contributed by atoms with Crippen molar-refractivity contribution in [1.82, 2.24) is 4.98 Å². The molecule has 0 aromatic carbocycles. The highest BCUT2D eigenvalue weighted by molar-refractivity contribution is 5.59. The van der Waals surface area contributed by atoms with Gasteiger partial charge >= 0.3 is 6.36 Å². The topological polar surface area (TPSA) is 91.3 Å². The van der Waals surface area contributed by atoms with Crippen LogP contribution in [0.25, 0.3) is 0 Å². The second-order valence-corrected chi connectivity index (χ2v) is 2.88. The Bertz CT molecular complexity index is 476. The van der Waals surface area contributed by atoms with Crippen molar-refractivity contribution in [3.63, 3.8) is 0 Å². The van der Waals surface area contributed by atoms with E-state index in [9.17, 15) is 32.1 Å². The fourth-order valence-corrected chi connectivity index (χ4v) is 1.09. The van der Waals surface area contributed by atoms with Gasteiger partial charge in [0.25, 0.3) is 12.1 Å². The highest BCUT2D eigenvalue weighted by Crippen LogP contribution is 2.41. The molecule has 1 aromatic rings. The Balaban J connectivity index is 3.46. The van der Waals surface area contributed by atoms with E-state index in [0.29, 0.717) is 6.20 Å². The minimum absolute atomic E-state index is 0.333. The van der Waals surface area contributed by atoms with Gasteiger partial charge in [-0.05, 0) is 0 Å². The van der Waals surface area contributed by atoms with E-state index in [-0.39, 0.29) is 0 Å². The maximum absolute atomic E-state index is 12.6. The van der Waals surface area contributed by atoms with Crippen molar-refractivity contribution in [1.29, 1.82) is 0 Å². The van der Waals surface area contributed by atoms with Gasteiger partial charge in [0.05, 0.1) is 4.92 Å². The van der Waals surface area contributed by atoms with E-state index in [1.807, 2.05) is 0 Å². The first-order valence-corrected chi connectivity index (χ1v) is 4.10. The molecule has 1 heterocycles. The van der Waals surface area contributed by atoms with E-state index in [2.05, 4.69) is 9.72 Å². The summed E-state index contributed by atoms with van der Waals surface area (Å²) in [5, 5.41) is 10.4. The first kappa shape index (κ1) is 13.9. The molecule has 0 unspecified atom stereocenters. The quantitative estimate of drug-likeness (QED) is 0.518. The molecule has 0 radical (unpaired) electrons. The molecular formula is C7H4F5N3O3. The van der Waals surface area contributed by atoms with Crippen LogP contribution in [0.2, 0.25) is 0 Å². The molecule has 0 spiro atoms. The molecule has 6 nitrogen and oxygen atoms in total. The van der Waals surface area contributed by atoms with E-state index in [0.717, 1.165) is 0 Å². The van der Waals surface area contributed by atoms with Crippen molar-refractivity contribution < 1.29 is 31.6 Å². The van der Waals surface area contributed by atoms with Gasteiger partial charge in [-0.3, -0.25) is 10.1 Å². The Kier molecular flexibility index (Phi) is 3.53. The highest BCUT2D eigenvalue weighted by Gasteiger charge is 2.38. The Labute approximate surface area is 95.3 Å². The van der Waals surface area contributed by atoms with Gasteiger partial charge in [-0.25, -0.2) is 13.8 Å². The fourth-order valence-electron chi connectivity index (χ4n) is 1.09. The zero-order valence-corrected chi connectivity index (χ0v) is 8.24. The molecule has 0 fully saturated rings. The number of nitro groups is 1. The number of nitrogens with zero attached hydrogens (tertiary/aromatic N) is 2. The molecule has 0 aliphatic heterocycles. The summed E-state index contributed by atoms with van der Waals surface area (Å²) in [5.74, 6) is -2.58. The summed E-state index contributed by atoms with van der Waals surface area (Å²) >= 11 is 0. The number of nitrogens with two attached hydrogens (primary N) is 1. The number of rotatable bonds is 3. The number of ether oxygens (including phenoxy) is 1. The van der Waals surface area contributed by atoms with Gasteiger partial charge in [-0.1, -0.05) is 0 Å². The average molecular weight is 273 g/mol. The molecule has 0 saturated heterocycles. The summed E-state index contributed by atoms with van der Waals surface area (Å²) in [6.45, 7) is 0. The molecule has 18 heavy (non-hydrogen) atoms. The van der Waals surface area contributed by atoms with Crippen LogP contribution in [0.15, 0.2) is 6.20 Å². The molecule has 0 saturated carbocycles. The molecule has 1 aromatic heterocycles. The van der Waals surface area contributed by atoms with Gasteiger partial charge in [-0.2, -0.15) is 0 Å². The number of hydrogen-bond acceptors (Lipinski definition) is 5. The van der Waals surface area contributed by atoms with Crippen molar-refractivity contribution in [2.24, 2.45) is 0 Å². The lowest BCUT2D eigenvalue weighted by Crippen LogP contribution is -2.20. The molecule has 0 amide bonds. The molecule has 11 heteroatoms. The number of alkyl halides is 5. The van der Waals surface area contributed by atoms with Gasteiger partial charge in [0.2, 0.25) is 0 Å². The first-order valence-electron chi connectivity index (χ1n) is 4.10. The molecule has 100 valence electrons. The number of pyridine rings is 1. The van der Waals surface area contributed by atoms with Crippen molar-refractivity contribution in [2.75, 3.05) is 5.73 Å². The lowest BCUT2D eigenvalue weighted by molar-refractivity contribution is -0.386. The van der Waals surface area contributed by atoms with Crippen LogP contribution in [0, 0.1) is 10.1 Å². The summed E-state index contributed by atoms with van der Waals surface area (Å²) in [4.78, 5) is 12.1. The van der Waals surface area contributed by atoms with E-state index < -0.39 is 40.5 Å². The van der Waals surface area contributed by atoms with E-state index in [1.54, 1.807) is 0 Å². The summed E-state index contributed by atoms with van der Waals surface area (Å²) < 4.78 is 64.3. The SMILES string of the molecule is Nc1ncc([N+](=O)[O-])c(C(F)F)c1OC(F)(F)F. The maximum Gasteiger partial charge on any atom is 0.573 e. The van der Waals surface area contributed by atoms with Crippen molar-refractivity contribution in [3.8, 4) is 5.75 Å². The summed E-state index contributed by atoms with van der Waals surface area (Å²) in [6, 6.07) is 0. The zero-order valence-electron chi connectivity index (χ0n) is 8.24. The lowest BCUT2D eigenvalue weighted by Gasteiger charge is -2.14.